The summed E-state index contributed by atoms with van der Waals surface area (Å²) < 4.78 is 2.16. The lowest BCUT2D eigenvalue weighted by atomic mass is 9.98. The first-order valence-electron chi connectivity index (χ1n) is 5.07. The van der Waals surface area contributed by atoms with Crippen LogP contribution >= 0.6 is 31.9 Å². The molecule has 2 aliphatic rings. The van der Waals surface area contributed by atoms with Gasteiger partial charge in [0.15, 0.2) is 0 Å². The van der Waals surface area contributed by atoms with Crippen molar-refractivity contribution in [3.8, 4) is 0 Å². The predicted octanol–water partition coefficient (Wildman–Crippen LogP) is 3.01. The summed E-state index contributed by atoms with van der Waals surface area (Å²) in [4.78, 5) is 1.26. The fraction of sp³-hybridized carbons (Fsp3) is 0.700. The molecule has 0 amide bonds. The van der Waals surface area contributed by atoms with E-state index in [9.17, 15) is 0 Å². The molecule has 14 heavy (non-hydrogen) atoms. The minimum Gasteiger partial charge on any atom is -0.269 e. The standard InChI is InChI=1S/C10H12Br2N2/c1-2-14-10-5-3-7(11)8(9(5)12)6(10)4-13-14/h4-5,7-9H,2-3H2,1H3/t5-,7-,8+,9?/m1/s1. The number of nitrogens with zero attached hydrogens (tertiary/aromatic N) is 2. The monoisotopic (exact) mass is 318 g/mol. The second kappa shape index (κ2) is 3.08. The van der Waals surface area contributed by atoms with E-state index in [2.05, 4.69) is 54.8 Å². The number of alkyl halides is 2. The molecular weight excluding hydrogens is 308 g/mol. The van der Waals surface area contributed by atoms with Crippen molar-refractivity contribution in [3.63, 3.8) is 0 Å². The Morgan fingerprint density at radius 1 is 1.57 bits per heavy atom. The second-order valence-corrected chi connectivity index (χ2v) is 6.36. The summed E-state index contributed by atoms with van der Waals surface area (Å²) in [6, 6.07) is 0. The maximum atomic E-state index is 4.44. The highest BCUT2D eigenvalue weighted by atomic mass is 79.9. The molecule has 2 nitrogen and oxygen atoms in total. The number of hydrogen-bond acceptors (Lipinski definition) is 1. The van der Waals surface area contributed by atoms with Gasteiger partial charge in [-0.25, -0.2) is 0 Å². The van der Waals surface area contributed by atoms with Crippen molar-refractivity contribution >= 4 is 31.9 Å². The maximum Gasteiger partial charge on any atom is 0.0528 e. The van der Waals surface area contributed by atoms with Crippen LogP contribution in [0.25, 0.3) is 0 Å². The Kier molecular flexibility index (Phi) is 2.07. The lowest BCUT2D eigenvalue weighted by molar-refractivity contribution is 0.580. The van der Waals surface area contributed by atoms with Gasteiger partial charge in [0.25, 0.3) is 0 Å². The first kappa shape index (κ1) is 9.40. The molecule has 1 aromatic heterocycles. The molecule has 2 bridgehead atoms. The van der Waals surface area contributed by atoms with Crippen LogP contribution in [-0.4, -0.2) is 19.4 Å². The average Bonchev–Trinajstić information content (AvgIpc) is 2.75. The summed E-state index contributed by atoms with van der Waals surface area (Å²) in [6.45, 7) is 3.15. The molecule has 0 aromatic carbocycles. The molecule has 0 saturated heterocycles. The zero-order valence-corrected chi connectivity index (χ0v) is 11.1. The zero-order chi connectivity index (χ0) is 9.87. The summed E-state index contributed by atoms with van der Waals surface area (Å²) in [6.07, 6.45) is 3.31. The number of aryl methyl sites for hydroxylation is 1. The van der Waals surface area contributed by atoms with Crippen molar-refractivity contribution in [2.24, 2.45) is 0 Å². The van der Waals surface area contributed by atoms with Gasteiger partial charge in [-0.05, 0) is 18.9 Å². The van der Waals surface area contributed by atoms with Crippen LogP contribution in [0.4, 0.5) is 0 Å². The SMILES string of the molecule is CCn1ncc2c1[C@@H]1C[C@@H](Br)[C@H]2C1Br. The quantitative estimate of drug-likeness (QED) is 0.728. The molecule has 1 fully saturated rings. The van der Waals surface area contributed by atoms with Crippen molar-refractivity contribution in [2.45, 2.75) is 41.4 Å². The van der Waals surface area contributed by atoms with Crippen molar-refractivity contribution in [3.05, 3.63) is 17.5 Å². The number of hydrogen-bond donors (Lipinski definition) is 0. The van der Waals surface area contributed by atoms with Crippen molar-refractivity contribution < 1.29 is 0 Å². The van der Waals surface area contributed by atoms with E-state index < -0.39 is 0 Å². The van der Waals surface area contributed by atoms with Crippen molar-refractivity contribution in [1.82, 2.24) is 9.78 Å². The van der Waals surface area contributed by atoms with Crippen LogP contribution in [0.5, 0.6) is 0 Å². The lowest BCUT2D eigenvalue weighted by Gasteiger charge is -2.16. The Morgan fingerprint density at radius 3 is 3.07 bits per heavy atom. The molecule has 1 saturated carbocycles. The van der Waals surface area contributed by atoms with E-state index in [1.807, 2.05) is 0 Å². The molecule has 0 aliphatic heterocycles. The molecule has 2 aliphatic carbocycles. The van der Waals surface area contributed by atoms with Gasteiger partial charge < -0.3 is 0 Å². The van der Waals surface area contributed by atoms with Gasteiger partial charge >= 0.3 is 0 Å². The minimum atomic E-state index is 0.623. The largest absolute Gasteiger partial charge is 0.269 e. The molecule has 1 unspecified atom stereocenters. The molecular formula is C10H12Br2N2. The molecule has 0 N–H and O–H groups in total. The van der Waals surface area contributed by atoms with Gasteiger partial charge in [0, 0.05) is 33.7 Å². The third-order valence-corrected chi connectivity index (χ3v) is 5.67. The Hall–Kier alpha value is 0.170. The van der Waals surface area contributed by atoms with Crippen LogP contribution in [0.1, 0.15) is 36.4 Å². The van der Waals surface area contributed by atoms with E-state index in [1.165, 1.54) is 17.7 Å². The Balaban J connectivity index is 2.14. The molecule has 1 aromatic rings. The third kappa shape index (κ3) is 0.990. The van der Waals surface area contributed by atoms with Crippen LogP contribution in [0, 0.1) is 0 Å². The second-order valence-electron chi connectivity index (χ2n) is 4.13. The first-order valence-corrected chi connectivity index (χ1v) is 6.91. The summed E-state index contributed by atoms with van der Waals surface area (Å²) in [7, 11) is 0. The topological polar surface area (TPSA) is 17.8 Å². The summed E-state index contributed by atoms with van der Waals surface area (Å²) in [5.74, 6) is 1.30. The van der Waals surface area contributed by atoms with E-state index in [1.54, 1.807) is 0 Å². The summed E-state index contributed by atoms with van der Waals surface area (Å²) in [5, 5.41) is 4.44. The number of rotatable bonds is 1. The summed E-state index contributed by atoms with van der Waals surface area (Å²) >= 11 is 7.59. The zero-order valence-electron chi connectivity index (χ0n) is 7.95. The molecule has 0 radical (unpaired) electrons. The average molecular weight is 320 g/mol. The molecule has 4 atom stereocenters. The Morgan fingerprint density at radius 2 is 2.36 bits per heavy atom. The van der Waals surface area contributed by atoms with Crippen LogP contribution in [0.2, 0.25) is 0 Å². The predicted molar refractivity (Wildman–Crippen MR) is 63.4 cm³/mol. The van der Waals surface area contributed by atoms with E-state index in [0.717, 1.165) is 6.54 Å². The van der Waals surface area contributed by atoms with E-state index in [-0.39, 0.29) is 0 Å². The normalized spacial score (nSPS) is 39.1. The Labute approximate surface area is 100 Å². The van der Waals surface area contributed by atoms with Crippen LogP contribution < -0.4 is 0 Å². The van der Waals surface area contributed by atoms with Crippen LogP contribution in [0.15, 0.2) is 6.20 Å². The first-order chi connectivity index (χ1) is 6.74. The number of fused-ring (bicyclic) bond motifs is 5. The number of halogens is 2. The highest BCUT2D eigenvalue weighted by Crippen LogP contribution is 2.58. The summed E-state index contributed by atoms with van der Waals surface area (Å²) in [5.41, 5.74) is 2.95. The van der Waals surface area contributed by atoms with Crippen molar-refractivity contribution in [1.29, 1.82) is 0 Å². The highest BCUT2D eigenvalue weighted by Gasteiger charge is 2.51. The van der Waals surface area contributed by atoms with E-state index >= 15 is 0 Å². The third-order valence-electron chi connectivity index (χ3n) is 3.52. The van der Waals surface area contributed by atoms with E-state index in [4.69, 9.17) is 0 Å². The molecule has 3 rings (SSSR count). The van der Waals surface area contributed by atoms with E-state index in [0.29, 0.717) is 21.5 Å². The van der Waals surface area contributed by atoms with Gasteiger partial charge in [0.1, 0.15) is 0 Å². The van der Waals surface area contributed by atoms with Crippen LogP contribution in [-0.2, 0) is 6.54 Å². The van der Waals surface area contributed by atoms with Crippen molar-refractivity contribution in [2.75, 3.05) is 0 Å². The molecule has 4 heteroatoms. The van der Waals surface area contributed by atoms with Gasteiger partial charge in [-0.3, -0.25) is 4.68 Å². The molecule has 1 heterocycles. The minimum absolute atomic E-state index is 0.623. The molecule has 76 valence electrons. The lowest BCUT2D eigenvalue weighted by Crippen LogP contribution is -2.11. The fourth-order valence-electron chi connectivity index (χ4n) is 2.92. The highest BCUT2D eigenvalue weighted by molar-refractivity contribution is 9.10. The van der Waals surface area contributed by atoms with Gasteiger partial charge in [0.05, 0.1) is 6.20 Å². The Bertz CT molecular complexity index is 374. The van der Waals surface area contributed by atoms with Gasteiger partial charge in [-0.2, -0.15) is 5.10 Å². The number of aromatic nitrogens is 2. The van der Waals surface area contributed by atoms with Gasteiger partial charge in [-0.15, -0.1) is 0 Å². The molecule has 0 spiro atoms. The van der Waals surface area contributed by atoms with Gasteiger partial charge in [0.2, 0.25) is 0 Å². The van der Waals surface area contributed by atoms with Gasteiger partial charge in [-0.1, -0.05) is 31.9 Å². The fourth-order valence-corrected chi connectivity index (χ4v) is 5.47. The smallest absolute Gasteiger partial charge is 0.0528 e. The van der Waals surface area contributed by atoms with Crippen LogP contribution in [0.3, 0.4) is 0 Å². The maximum absolute atomic E-state index is 4.44.